The van der Waals surface area contributed by atoms with E-state index in [1.165, 1.54) is 6.20 Å². The second-order valence-corrected chi connectivity index (χ2v) is 7.17. The highest BCUT2D eigenvalue weighted by atomic mass is 19.1. The monoisotopic (exact) mass is 382 g/mol. The number of hydrogen-bond donors (Lipinski definition) is 1. The Balaban J connectivity index is 1.43. The van der Waals surface area contributed by atoms with Gasteiger partial charge in [-0.15, -0.1) is 0 Å². The minimum atomic E-state index is -0.338. The number of benzene rings is 1. The highest BCUT2D eigenvalue weighted by molar-refractivity contribution is 5.82. The molecule has 7 heteroatoms. The van der Waals surface area contributed by atoms with Gasteiger partial charge in [-0.25, -0.2) is 9.18 Å². The van der Waals surface area contributed by atoms with Gasteiger partial charge in [0.2, 0.25) is 0 Å². The summed E-state index contributed by atoms with van der Waals surface area (Å²) in [5, 5.41) is 4.09. The Morgan fingerprint density at radius 2 is 2.18 bits per heavy atom. The van der Waals surface area contributed by atoms with Crippen molar-refractivity contribution in [1.29, 1.82) is 0 Å². The molecule has 2 amide bonds. The summed E-state index contributed by atoms with van der Waals surface area (Å²) in [5.41, 5.74) is 2.35. The van der Waals surface area contributed by atoms with E-state index >= 15 is 0 Å². The largest absolute Gasteiger partial charge is 0.464 e. The quantitative estimate of drug-likeness (QED) is 0.745. The Bertz CT molecular complexity index is 989. The number of carbonyl (C=O) groups is 1. The van der Waals surface area contributed by atoms with Crippen molar-refractivity contribution in [3.05, 3.63) is 60.4 Å². The summed E-state index contributed by atoms with van der Waals surface area (Å²) in [4.78, 5) is 20.4. The van der Waals surface area contributed by atoms with Crippen molar-refractivity contribution in [2.75, 3.05) is 24.5 Å². The number of aromatic nitrogens is 1. The Morgan fingerprint density at radius 3 is 2.96 bits per heavy atom. The second-order valence-electron chi connectivity index (χ2n) is 7.17. The number of hydrogen-bond acceptors (Lipinski definition) is 4. The second kappa shape index (κ2) is 7.50. The lowest BCUT2D eigenvalue weighted by molar-refractivity contribution is 0.168. The van der Waals surface area contributed by atoms with Crippen LogP contribution in [-0.2, 0) is 0 Å². The maximum atomic E-state index is 14.0. The summed E-state index contributed by atoms with van der Waals surface area (Å²) >= 11 is 0. The number of urea groups is 1. The van der Waals surface area contributed by atoms with Gasteiger partial charge in [0.25, 0.3) is 0 Å². The molecule has 1 aliphatic rings. The summed E-state index contributed by atoms with van der Waals surface area (Å²) < 4.78 is 19.5. The van der Waals surface area contributed by atoms with Crippen LogP contribution in [0.1, 0.15) is 25.5 Å². The third-order valence-electron chi connectivity index (χ3n) is 5.32. The number of rotatable bonds is 3. The summed E-state index contributed by atoms with van der Waals surface area (Å²) in [6, 6.07) is 9.10. The van der Waals surface area contributed by atoms with E-state index in [4.69, 9.17) is 4.42 Å². The standard InChI is InChI=1S/C21H23FN4O2/c1-14-13-25(19-6-8-23-12-18(19)22)9-10-26(14)21(27)24-15(2)16-4-3-5-20-17(16)7-11-28-20/h3-8,11-12,14-15H,9-10,13H2,1-2H3,(H,24,27)/t14-,15-/m1/s1. The van der Waals surface area contributed by atoms with Crippen molar-refractivity contribution in [3.8, 4) is 0 Å². The first-order valence-corrected chi connectivity index (χ1v) is 9.42. The molecule has 0 radical (unpaired) electrons. The molecule has 0 aliphatic carbocycles. The van der Waals surface area contributed by atoms with Crippen LogP contribution in [0.5, 0.6) is 0 Å². The molecule has 3 heterocycles. The molecule has 1 saturated heterocycles. The number of furan rings is 1. The zero-order valence-electron chi connectivity index (χ0n) is 15.9. The number of fused-ring (bicyclic) bond motifs is 1. The summed E-state index contributed by atoms with van der Waals surface area (Å²) in [7, 11) is 0. The fourth-order valence-electron chi connectivity index (χ4n) is 3.84. The molecule has 1 aromatic carbocycles. The molecule has 1 N–H and O–H groups in total. The fraction of sp³-hybridized carbons (Fsp3) is 0.333. The highest BCUT2D eigenvalue weighted by Crippen LogP contribution is 2.26. The van der Waals surface area contributed by atoms with E-state index in [0.29, 0.717) is 25.3 Å². The first-order chi connectivity index (χ1) is 13.5. The van der Waals surface area contributed by atoms with E-state index in [1.54, 1.807) is 18.5 Å². The van der Waals surface area contributed by atoms with Crippen molar-refractivity contribution in [3.63, 3.8) is 0 Å². The molecule has 28 heavy (non-hydrogen) atoms. The van der Waals surface area contributed by atoms with Gasteiger partial charge in [-0.3, -0.25) is 4.98 Å². The van der Waals surface area contributed by atoms with Crippen molar-refractivity contribution in [1.82, 2.24) is 15.2 Å². The van der Waals surface area contributed by atoms with Gasteiger partial charge in [0.1, 0.15) is 5.58 Å². The molecule has 146 valence electrons. The number of nitrogens with one attached hydrogen (secondary N) is 1. The van der Waals surface area contributed by atoms with E-state index in [1.807, 2.05) is 47.9 Å². The fourth-order valence-corrected chi connectivity index (χ4v) is 3.84. The molecule has 2 atom stereocenters. The molecule has 6 nitrogen and oxygen atoms in total. The van der Waals surface area contributed by atoms with Gasteiger partial charge >= 0.3 is 6.03 Å². The molecule has 0 bridgehead atoms. The first-order valence-electron chi connectivity index (χ1n) is 9.42. The minimum absolute atomic E-state index is 0.0433. The summed E-state index contributed by atoms with van der Waals surface area (Å²) in [6.45, 7) is 5.61. The Kier molecular flexibility index (Phi) is 4.90. The van der Waals surface area contributed by atoms with Crippen molar-refractivity contribution >= 4 is 22.7 Å². The molecule has 1 fully saturated rings. The van der Waals surface area contributed by atoms with Gasteiger partial charge in [-0.2, -0.15) is 0 Å². The Labute approximate surface area is 162 Å². The summed E-state index contributed by atoms with van der Waals surface area (Å²) in [6.07, 6.45) is 4.46. The Hall–Kier alpha value is -3.09. The van der Waals surface area contributed by atoms with Crippen LogP contribution in [0, 0.1) is 5.82 Å². The molecule has 2 aromatic heterocycles. The zero-order chi connectivity index (χ0) is 19.7. The molecular formula is C21H23FN4O2. The molecule has 4 rings (SSSR count). The average molecular weight is 382 g/mol. The van der Waals surface area contributed by atoms with Crippen LogP contribution >= 0.6 is 0 Å². The Morgan fingerprint density at radius 1 is 1.32 bits per heavy atom. The third kappa shape index (κ3) is 3.40. The number of nitrogens with zero attached hydrogens (tertiary/aromatic N) is 3. The third-order valence-corrected chi connectivity index (χ3v) is 5.32. The molecule has 3 aromatic rings. The maximum Gasteiger partial charge on any atom is 0.318 e. The summed E-state index contributed by atoms with van der Waals surface area (Å²) in [5.74, 6) is -0.338. The molecule has 1 aliphatic heterocycles. The van der Waals surface area contributed by atoms with E-state index in [9.17, 15) is 9.18 Å². The van der Waals surface area contributed by atoms with Crippen LogP contribution in [0.25, 0.3) is 11.0 Å². The lowest BCUT2D eigenvalue weighted by Gasteiger charge is -2.41. The van der Waals surface area contributed by atoms with Crippen LogP contribution < -0.4 is 10.2 Å². The predicted octanol–water partition coefficient (Wildman–Crippen LogP) is 3.95. The van der Waals surface area contributed by atoms with Crippen molar-refractivity contribution < 1.29 is 13.6 Å². The average Bonchev–Trinajstić information content (AvgIpc) is 3.17. The molecule has 0 saturated carbocycles. The number of amides is 2. The minimum Gasteiger partial charge on any atom is -0.464 e. The smallest absolute Gasteiger partial charge is 0.318 e. The SMILES string of the molecule is C[C@@H]1CN(c2ccncc2F)CCN1C(=O)N[C@H](C)c1cccc2occc12. The maximum absolute atomic E-state index is 14.0. The van der Waals surface area contributed by atoms with Crippen LogP contribution in [0.3, 0.4) is 0 Å². The van der Waals surface area contributed by atoms with Crippen LogP contribution in [-0.4, -0.2) is 41.6 Å². The zero-order valence-corrected chi connectivity index (χ0v) is 15.9. The topological polar surface area (TPSA) is 61.6 Å². The number of carbonyl (C=O) groups excluding carboxylic acids is 1. The van der Waals surface area contributed by atoms with E-state index in [0.717, 1.165) is 16.5 Å². The predicted molar refractivity (Wildman–Crippen MR) is 106 cm³/mol. The number of halogens is 1. The van der Waals surface area contributed by atoms with E-state index in [-0.39, 0.29) is 23.9 Å². The number of anilines is 1. The normalized spacial score (nSPS) is 18.3. The van der Waals surface area contributed by atoms with Crippen molar-refractivity contribution in [2.45, 2.75) is 25.9 Å². The van der Waals surface area contributed by atoms with Gasteiger partial charge < -0.3 is 19.5 Å². The van der Waals surface area contributed by atoms with Gasteiger partial charge in [-0.1, -0.05) is 12.1 Å². The molecular weight excluding hydrogens is 359 g/mol. The number of piperazine rings is 1. The van der Waals surface area contributed by atoms with Crippen LogP contribution in [0.15, 0.2) is 53.4 Å². The molecule has 0 spiro atoms. The first kappa shape index (κ1) is 18.3. The lowest BCUT2D eigenvalue weighted by atomic mass is 10.0. The van der Waals surface area contributed by atoms with E-state index in [2.05, 4.69) is 10.3 Å². The van der Waals surface area contributed by atoms with Crippen LogP contribution in [0.2, 0.25) is 0 Å². The lowest BCUT2D eigenvalue weighted by Crippen LogP contribution is -2.57. The van der Waals surface area contributed by atoms with Gasteiger partial charge in [-0.05, 0) is 37.6 Å². The van der Waals surface area contributed by atoms with Crippen molar-refractivity contribution in [2.24, 2.45) is 0 Å². The van der Waals surface area contributed by atoms with Gasteiger partial charge in [0.05, 0.1) is 24.2 Å². The van der Waals surface area contributed by atoms with E-state index < -0.39 is 0 Å². The van der Waals surface area contributed by atoms with Gasteiger partial charge in [0, 0.05) is 37.3 Å². The van der Waals surface area contributed by atoms with Gasteiger partial charge in [0.15, 0.2) is 5.82 Å². The number of pyridine rings is 1. The molecule has 0 unspecified atom stereocenters. The van der Waals surface area contributed by atoms with Crippen LogP contribution in [0.4, 0.5) is 14.9 Å². The highest BCUT2D eigenvalue weighted by Gasteiger charge is 2.29.